The van der Waals surface area contributed by atoms with Crippen molar-refractivity contribution in [2.45, 2.75) is 17.3 Å². The van der Waals surface area contributed by atoms with Crippen LogP contribution in [0.4, 0.5) is 15.2 Å². The molecule has 2 aromatic rings. The van der Waals surface area contributed by atoms with E-state index in [0.29, 0.717) is 4.34 Å². The first-order valence-electron chi connectivity index (χ1n) is 6.65. The first-order valence-corrected chi connectivity index (χ1v) is 10.5. The molecule has 1 aromatic carbocycles. The Labute approximate surface area is 147 Å². The average molecular weight is 390 g/mol. The summed E-state index contributed by atoms with van der Waals surface area (Å²) in [4.78, 5) is 12.4. The van der Waals surface area contributed by atoms with Gasteiger partial charge in [0.25, 0.3) is 0 Å². The van der Waals surface area contributed by atoms with Crippen molar-refractivity contribution in [1.29, 1.82) is 0 Å². The summed E-state index contributed by atoms with van der Waals surface area (Å²) < 4.78 is 38.9. The van der Waals surface area contributed by atoms with E-state index in [2.05, 4.69) is 15.5 Å². The van der Waals surface area contributed by atoms with Crippen LogP contribution in [-0.4, -0.2) is 43.1 Å². The maximum atomic E-state index is 13.1. The summed E-state index contributed by atoms with van der Waals surface area (Å²) in [5.74, 6) is -1.06. The van der Waals surface area contributed by atoms with E-state index in [9.17, 15) is 17.6 Å². The van der Waals surface area contributed by atoms with Crippen molar-refractivity contribution in [1.82, 2.24) is 10.2 Å². The van der Waals surface area contributed by atoms with Crippen molar-refractivity contribution in [3.63, 3.8) is 0 Å². The minimum absolute atomic E-state index is 0.198. The molecule has 0 unspecified atom stereocenters. The van der Waals surface area contributed by atoms with E-state index in [1.807, 2.05) is 6.26 Å². The van der Waals surface area contributed by atoms with Gasteiger partial charge in [-0.1, -0.05) is 23.1 Å². The van der Waals surface area contributed by atoms with E-state index in [1.165, 1.54) is 42.2 Å². The zero-order valence-corrected chi connectivity index (χ0v) is 15.5. The van der Waals surface area contributed by atoms with Gasteiger partial charge in [-0.15, -0.1) is 10.2 Å². The summed E-state index contributed by atoms with van der Waals surface area (Å²) >= 11 is 2.57. The summed E-state index contributed by atoms with van der Waals surface area (Å²) in [5.41, 5.74) is 0.198. The molecule has 1 N–H and O–H groups in total. The lowest BCUT2D eigenvalue weighted by atomic mass is 10.2. The molecule has 0 saturated heterocycles. The van der Waals surface area contributed by atoms with Crippen LogP contribution in [0.25, 0.3) is 0 Å². The zero-order chi connectivity index (χ0) is 17.9. The van der Waals surface area contributed by atoms with Gasteiger partial charge in [-0.05, 0) is 37.4 Å². The molecule has 1 atom stereocenters. The van der Waals surface area contributed by atoms with Crippen molar-refractivity contribution in [2.75, 3.05) is 22.1 Å². The molecule has 0 fully saturated rings. The lowest BCUT2D eigenvalue weighted by Crippen LogP contribution is -2.45. The van der Waals surface area contributed by atoms with Crippen LogP contribution in [0.2, 0.25) is 0 Å². The summed E-state index contributed by atoms with van der Waals surface area (Å²) in [6.07, 6.45) is 2.81. The molecule has 1 amide bonds. The van der Waals surface area contributed by atoms with Crippen molar-refractivity contribution in [3.8, 4) is 0 Å². The first kappa shape index (κ1) is 18.6. The van der Waals surface area contributed by atoms with Gasteiger partial charge in [0.05, 0.1) is 11.9 Å². The average Bonchev–Trinajstić information content (AvgIpc) is 2.95. The maximum Gasteiger partial charge on any atom is 0.249 e. The predicted octanol–water partition coefficient (Wildman–Crippen LogP) is 2.19. The van der Waals surface area contributed by atoms with Gasteiger partial charge in [0.15, 0.2) is 4.34 Å². The number of carbonyl (C=O) groups is 1. The third-order valence-electron chi connectivity index (χ3n) is 2.98. The molecule has 0 saturated carbocycles. The Morgan fingerprint density at radius 3 is 2.46 bits per heavy atom. The maximum absolute atomic E-state index is 13.1. The van der Waals surface area contributed by atoms with Gasteiger partial charge in [0.2, 0.25) is 21.1 Å². The highest BCUT2D eigenvalue weighted by Crippen LogP contribution is 2.25. The molecular weight excluding hydrogens is 375 g/mol. The number of nitrogens with zero attached hydrogens (tertiary/aromatic N) is 3. The molecule has 0 radical (unpaired) electrons. The van der Waals surface area contributed by atoms with E-state index in [1.54, 1.807) is 0 Å². The SMILES string of the molecule is CSc1nnc(NC(=O)[C@H](C)N(c2ccc(F)cc2)S(C)(=O)=O)s1. The Morgan fingerprint density at radius 1 is 1.33 bits per heavy atom. The van der Waals surface area contributed by atoms with Crippen LogP contribution in [0.3, 0.4) is 0 Å². The molecule has 11 heteroatoms. The highest BCUT2D eigenvalue weighted by Gasteiger charge is 2.29. The Kier molecular flexibility index (Phi) is 5.78. The topological polar surface area (TPSA) is 92.3 Å². The van der Waals surface area contributed by atoms with Gasteiger partial charge in [-0.2, -0.15) is 0 Å². The lowest BCUT2D eigenvalue weighted by molar-refractivity contribution is -0.116. The standard InChI is InChI=1S/C13H15FN4O3S3/c1-8(11(19)15-12-16-17-13(22-2)23-12)18(24(3,20)21)10-6-4-9(14)5-7-10/h4-8H,1-3H3,(H,15,16,19)/t8-/m0/s1. The van der Waals surface area contributed by atoms with Gasteiger partial charge in [0.1, 0.15) is 11.9 Å². The molecule has 0 spiro atoms. The largest absolute Gasteiger partial charge is 0.299 e. The van der Waals surface area contributed by atoms with E-state index in [-0.39, 0.29) is 10.8 Å². The highest BCUT2D eigenvalue weighted by atomic mass is 32.2. The molecule has 0 aliphatic heterocycles. The normalized spacial score (nSPS) is 12.7. The number of halogens is 1. The van der Waals surface area contributed by atoms with Crippen molar-refractivity contribution < 1.29 is 17.6 Å². The third-order valence-corrected chi connectivity index (χ3v) is 6.04. The Morgan fingerprint density at radius 2 is 1.96 bits per heavy atom. The predicted molar refractivity (Wildman–Crippen MR) is 93.5 cm³/mol. The molecule has 0 aliphatic carbocycles. The van der Waals surface area contributed by atoms with Crippen LogP contribution in [0, 0.1) is 5.82 Å². The van der Waals surface area contributed by atoms with Gasteiger partial charge in [-0.3, -0.25) is 14.4 Å². The van der Waals surface area contributed by atoms with Crippen LogP contribution in [0.1, 0.15) is 6.92 Å². The van der Waals surface area contributed by atoms with Crippen molar-refractivity contribution in [3.05, 3.63) is 30.1 Å². The molecule has 7 nitrogen and oxygen atoms in total. The van der Waals surface area contributed by atoms with Crippen molar-refractivity contribution in [2.24, 2.45) is 0 Å². The molecule has 0 bridgehead atoms. The Balaban J connectivity index is 2.25. The highest BCUT2D eigenvalue weighted by molar-refractivity contribution is 8.00. The van der Waals surface area contributed by atoms with E-state index in [4.69, 9.17) is 0 Å². The lowest BCUT2D eigenvalue weighted by Gasteiger charge is -2.27. The molecule has 130 valence electrons. The zero-order valence-electron chi connectivity index (χ0n) is 13.1. The number of anilines is 2. The first-order chi connectivity index (χ1) is 11.2. The number of sulfonamides is 1. The fourth-order valence-corrected chi connectivity index (χ4v) is 4.30. The second kappa shape index (κ2) is 7.45. The summed E-state index contributed by atoms with van der Waals surface area (Å²) in [6.45, 7) is 1.44. The Bertz CT molecular complexity index is 823. The number of benzene rings is 1. The van der Waals surface area contributed by atoms with E-state index < -0.39 is 27.8 Å². The summed E-state index contributed by atoms with van der Waals surface area (Å²) in [5, 5.41) is 10.5. The van der Waals surface area contributed by atoms with Gasteiger partial charge < -0.3 is 0 Å². The number of rotatable bonds is 6. The second-order valence-corrected chi connectivity index (χ2v) is 8.67. The Hall–Kier alpha value is -1.72. The minimum atomic E-state index is -3.75. The molecule has 2 rings (SSSR count). The van der Waals surface area contributed by atoms with Gasteiger partial charge in [0, 0.05) is 0 Å². The van der Waals surface area contributed by atoms with Crippen LogP contribution in [0.15, 0.2) is 28.6 Å². The van der Waals surface area contributed by atoms with Crippen LogP contribution in [0.5, 0.6) is 0 Å². The number of carbonyl (C=O) groups excluding carboxylic acids is 1. The molecule has 1 heterocycles. The van der Waals surface area contributed by atoms with E-state index in [0.717, 1.165) is 22.7 Å². The monoisotopic (exact) mass is 390 g/mol. The van der Waals surface area contributed by atoms with Gasteiger partial charge in [-0.25, -0.2) is 12.8 Å². The van der Waals surface area contributed by atoms with Crippen LogP contribution < -0.4 is 9.62 Å². The minimum Gasteiger partial charge on any atom is -0.299 e. The third kappa shape index (κ3) is 4.42. The molecule has 24 heavy (non-hydrogen) atoms. The number of aromatic nitrogens is 2. The number of amides is 1. The van der Waals surface area contributed by atoms with Crippen molar-refractivity contribution >= 4 is 49.8 Å². The quantitative estimate of drug-likeness (QED) is 0.600. The molecular formula is C13H15FN4O3S3. The number of nitrogens with one attached hydrogen (secondary N) is 1. The second-order valence-electron chi connectivity index (χ2n) is 4.78. The summed E-state index contributed by atoms with van der Waals surface area (Å²) in [6, 6.07) is 3.82. The number of thioether (sulfide) groups is 1. The molecule has 0 aliphatic rings. The number of hydrogen-bond acceptors (Lipinski definition) is 7. The number of hydrogen-bond donors (Lipinski definition) is 1. The van der Waals surface area contributed by atoms with Crippen LogP contribution >= 0.6 is 23.1 Å². The van der Waals surface area contributed by atoms with Crippen LogP contribution in [-0.2, 0) is 14.8 Å². The fourth-order valence-electron chi connectivity index (χ4n) is 1.95. The molecule has 1 aromatic heterocycles. The fraction of sp³-hybridized carbons (Fsp3) is 0.308. The van der Waals surface area contributed by atoms with Gasteiger partial charge >= 0.3 is 0 Å². The smallest absolute Gasteiger partial charge is 0.249 e. The van der Waals surface area contributed by atoms with E-state index >= 15 is 0 Å². The summed E-state index contributed by atoms with van der Waals surface area (Å²) in [7, 11) is -3.75.